The molecule has 2 N–H and O–H groups in total. The molecule has 0 spiro atoms. The Labute approximate surface area is 221 Å². The number of nitroso groups, excluding NO2 is 1. The molecule has 0 saturated carbocycles. The van der Waals surface area contributed by atoms with Crippen LogP contribution in [0, 0.1) is 10.3 Å². The van der Waals surface area contributed by atoms with Crippen LogP contribution in [-0.2, 0) is 27.9 Å². The molecule has 12 heteroatoms. The topological polar surface area (TPSA) is 143 Å². The standard InChI is InChI=1S/C26H30N6O5S/c1-26(2,3)22(25(34)27-4)29-24(33)21-19-16-31(38(36,37)20-13-9-8-12-18(20)30-35)14-15-32(19)23(28-21)17-10-6-5-7-11-17/h5-13,22H,14-16H2,1-4H3,(H,27,34)(H,29,33)/t22-/m1/s1. The highest BCUT2D eigenvalue weighted by Crippen LogP contribution is 2.32. The van der Waals surface area contributed by atoms with E-state index in [4.69, 9.17) is 0 Å². The fraction of sp³-hybridized carbons (Fsp3) is 0.346. The third-order valence-corrected chi connectivity index (χ3v) is 8.34. The first-order valence-electron chi connectivity index (χ1n) is 12.1. The maximum Gasteiger partial charge on any atom is 0.272 e. The van der Waals surface area contributed by atoms with Gasteiger partial charge in [-0.3, -0.25) is 9.59 Å². The SMILES string of the molecule is CNC(=O)[C@@H](NC(=O)c1nc(-c2ccccc2)n2c1CN(S(=O)(=O)c1ccccc1N=O)CC2)C(C)(C)C. The number of nitrogens with one attached hydrogen (secondary N) is 2. The summed E-state index contributed by atoms with van der Waals surface area (Å²) >= 11 is 0. The zero-order valence-electron chi connectivity index (χ0n) is 21.6. The Bertz CT molecular complexity index is 1480. The predicted octanol–water partition coefficient (Wildman–Crippen LogP) is 3.04. The first kappa shape index (κ1) is 27.1. The van der Waals surface area contributed by atoms with Crippen molar-refractivity contribution in [2.24, 2.45) is 10.6 Å². The van der Waals surface area contributed by atoms with Crippen LogP contribution < -0.4 is 10.6 Å². The Kier molecular flexibility index (Phi) is 7.47. The Morgan fingerprint density at radius 1 is 1.03 bits per heavy atom. The lowest BCUT2D eigenvalue weighted by atomic mass is 9.86. The van der Waals surface area contributed by atoms with Crippen LogP contribution in [0.2, 0.25) is 0 Å². The van der Waals surface area contributed by atoms with Crippen LogP contribution in [0.1, 0.15) is 37.0 Å². The number of nitrogens with zero attached hydrogens (tertiary/aromatic N) is 4. The lowest BCUT2D eigenvalue weighted by molar-refractivity contribution is -0.124. The lowest BCUT2D eigenvalue weighted by Gasteiger charge is -2.30. The lowest BCUT2D eigenvalue weighted by Crippen LogP contribution is -2.53. The van der Waals surface area contributed by atoms with E-state index in [1.54, 1.807) is 0 Å². The number of benzene rings is 2. The minimum Gasteiger partial charge on any atom is -0.357 e. The number of carbonyl (C=O) groups is 2. The monoisotopic (exact) mass is 538 g/mol. The second-order valence-electron chi connectivity index (χ2n) is 10.0. The number of sulfonamides is 1. The molecule has 3 aromatic rings. The van der Waals surface area contributed by atoms with E-state index < -0.39 is 27.4 Å². The number of fused-ring (bicyclic) bond motifs is 1. The molecular weight excluding hydrogens is 508 g/mol. The minimum atomic E-state index is -4.11. The van der Waals surface area contributed by atoms with Crippen LogP contribution >= 0.6 is 0 Å². The molecule has 1 aromatic heterocycles. The van der Waals surface area contributed by atoms with Gasteiger partial charge in [0.25, 0.3) is 5.91 Å². The largest absolute Gasteiger partial charge is 0.357 e. The number of imidazole rings is 1. The van der Waals surface area contributed by atoms with Gasteiger partial charge in [-0.05, 0) is 22.7 Å². The van der Waals surface area contributed by atoms with E-state index in [2.05, 4.69) is 20.8 Å². The van der Waals surface area contributed by atoms with Crippen molar-refractivity contribution in [2.75, 3.05) is 13.6 Å². The first-order valence-corrected chi connectivity index (χ1v) is 13.5. The van der Waals surface area contributed by atoms with Gasteiger partial charge in [0.05, 0.1) is 12.2 Å². The highest BCUT2D eigenvalue weighted by Gasteiger charge is 2.37. The van der Waals surface area contributed by atoms with Gasteiger partial charge in [0.1, 0.15) is 22.4 Å². The summed E-state index contributed by atoms with van der Waals surface area (Å²) in [6.45, 7) is 5.67. The number of carbonyl (C=O) groups excluding carboxylic acids is 2. The van der Waals surface area contributed by atoms with E-state index in [0.717, 1.165) is 5.56 Å². The fourth-order valence-corrected chi connectivity index (χ4v) is 5.96. The van der Waals surface area contributed by atoms with E-state index in [1.807, 2.05) is 55.7 Å². The quantitative estimate of drug-likeness (QED) is 0.443. The molecule has 2 aromatic carbocycles. The number of hydrogen-bond donors (Lipinski definition) is 2. The van der Waals surface area contributed by atoms with Crippen LogP contribution in [0.3, 0.4) is 0 Å². The Balaban J connectivity index is 1.78. The van der Waals surface area contributed by atoms with Gasteiger partial charge < -0.3 is 15.2 Å². The maximum atomic E-state index is 13.6. The molecule has 1 aliphatic rings. The summed E-state index contributed by atoms with van der Waals surface area (Å²) in [6, 6.07) is 14.1. The zero-order valence-corrected chi connectivity index (χ0v) is 22.4. The molecule has 1 aliphatic heterocycles. The van der Waals surface area contributed by atoms with Crippen molar-refractivity contribution in [1.29, 1.82) is 0 Å². The summed E-state index contributed by atoms with van der Waals surface area (Å²) in [5, 5.41) is 8.24. The predicted molar refractivity (Wildman–Crippen MR) is 142 cm³/mol. The van der Waals surface area contributed by atoms with Gasteiger partial charge >= 0.3 is 0 Å². The molecule has 0 radical (unpaired) electrons. The molecule has 38 heavy (non-hydrogen) atoms. The second kappa shape index (κ2) is 10.5. The van der Waals surface area contributed by atoms with Crippen molar-refractivity contribution in [2.45, 2.75) is 44.8 Å². The fourth-order valence-electron chi connectivity index (χ4n) is 4.45. The smallest absolute Gasteiger partial charge is 0.272 e. The van der Waals surface area contributed by atoms with Crippen molar-refractivity contribution in [3.05, 3.63) is 70.9 Å². The summed E-state index contributed by atoms with van der Waals surface area (Å²) in [7, 11) is -2.61. The van der Waals surface area contributed by atoms with Gasteiger partial charge in [0, 0.05) is 25.7 Å². The van der Waals surface area contributed by atoms with Crippen molar-refractivity contribution in [3.63, 3.8) is 0 Å². The van der Waals surface area contributed by atoms with Crippen molar-refractivity contribution in [1.82, 2.24) is 24.5 Å². The number of rotatable bonds is 7. The highest BCUT2D eigenvalue weighted by atomic mass is 32.2. The molecule has 0 aliphatic carbocycles. The Morgan fingerprint density at radius 2 is 1.68 bits per heavy atom. The van der Waals surface area contributed by atoms with E-state index in [9.17, 15) is 22.9 Å². The van der Waals surface area contributed by atoms with E-state index in [-0.39, 0.29) is 41.8 Å². The van der Waals surface area contributed by atoms with Gasteiger partial charge in [0.2, 0.25) is 15.9 Å². The number of aromatic nitrogens is 2. The summed E-state index contributed by atoms with van der Waals surface area (Å²) in [5.74, 6) is -0.428. The third-order valence-electron chi connectivity index (χ3n) is 6.45. The van der Waals surface area contributed by atoms with Crippen LogP contribution in [0.25, 0.3) is 11.4 Å². The van der Waals surface area contributed by atoms with Gasteiger partial charge in [-0.25, -0.2) is 13.4 Å². The number of amides is 2. The molecule has 4 rings (SSSR count). The van der Waals surface area contributed by atoms with Gasteiger partial charge in [-0.15, -0.1) is 4.91 Å². The third kappa shape index (κ3) is 5.09. The number of hydrogen-bond acceptors (Lipinski definition) is 7. The van der Waals surface area contributed by atoms with Gasteiger partial charge in [0.15, 0.2) is 5.69 Å². The molecule has 200 valence electrons. The van der Waals surface area contributed by atoms with E-state index in [1.165, 1.54) is 35.6 Å². The van der Waals surface area contributed by atoms with E-state index >= 15 is 0 Å². The summed E-state index contributed by atoms with van der Waals surface area (Å²) < 4.78 is 30.1. The van der Waals surface area contributed by atoms with Crippen LogP contribution in [0.5, 0.6) is 0 Å². The molecular formula is C26H30N6O5S. The molecule has 1 atom stereocenters. The van der Waals surface area contributed by atoms with Crippen LogP contribution in [0.4, 0.5) is 5.69 Å². The van der Waals surface area contributed by atoms with Crippen molar-refractivity contribution < 1.29 is 18.0 Å². The average Bonchev–Trinajstić information content (AvgIpc) is 3.30. The van der Waals surface area contributed by atoms with Gasteiger partial charge in [-0.2, -0.15) is 4.31 Å². The molecule has 2 heterocycles. The average molecular weight is 539 g/mol. The summed E-state index contributed by atoms with van der Waals surface area (Å²) in [4.78, 5) is 41.9. The Morgan fingerprint density at radius 3 is 2.32 bits per heavy atom. The minimum absolute atomic E-state index is 0.0312. The number of likely N-dealkylation sites (N-methyl/N-ethyl adjacent to an activating group) is 1. The molecule has 0 fully saturated rings. The summed E-state index contributed by atoms with van der Waals surface area (Å²) in [6.07, 6.45) is 0. The molecule has 0 bridgehead atoms. The van der Waals surface area contributed by atoms with Crippen LogP contribution in [0.15, 0.2) is 64.7 Å². The molecule has 0 unspecified atom stereocenters. The molecule has 11 nitrogen and oxygen atoms in total. The highest BCUT2D eigenvalue weighted by molar-refractivity contribution is 7.89. The Hall–Kier alpha value is -3.90. The normalized spacial score (nSPS) is 14.8. The van der Waals surface area contributed by atoms with Crippen LogP contribution in [-0.4, -0.2) is 53.7 Å². The van der Waals surface area contributed by atoms with Crippen molar-refractivity contribution in [3.8, 4) is 11.4 Å². The van der Waals surface area contributed by atoms with Gasteiger partial charge in [-0.1, -0.05) is 63.2 Å². The maximum absolute atomic E-state index is 13.6. The summed E-state index contributed by atoms with van der Waals surface area (Å²) in [5.41, 5.74) is 0.394. The van der Waals surface area contributed by atoms with Crippen molar-refractivity contribution >= 4 is 27.5 Å². The second-order valence-corrected chi connectivity index (χ2v) is 11.9. The molecule has 2 amide bonds. The molecule has 0 saturated heterocycles. The van der Waals surface area contributed by atoms with E-state index in [0.29, 0.717) is 11.5 Å². The first-order chi connectivity index (χ1) is 18.0. The zero-order chi connectivity index (χ0) is 27.7.